The molecule has 0 unspecified atom stereocenters. The van der Waals surface area contributed by atoms with Crippen molar-refractivity contribution in [2.24, 2.45) is 0 Å². The largest absolute Gasteiger partial charge is 0.508 e. The van der Waals surface area contributed by atoms with E-state index in [0.29, 0.717) is 11.5 Å². The van der Waals surface area contributed by atoms with Crippen LogP contribution in [0.3, 0.4) is 0 Å². The summed E-state index contributed by atoms with van der Waals surface area (Å²) in [7, 11) is 0. The van der Waals surface area contributed by atoms with E-state index in [-0.39, 0.29) is 0 Å². The number of rotatable bonds is 1. The zero-order valence-electron chi connectivity index (χ0n) is 16.4. The molecule has 2 aromatic carbocycles. The van der Waals surface area contributed by atoms with E-state index in [0.717, 1.165) is 0 Å². The van der Waals surface area contributed by atoms with Gasteiger partial charge in [-0.15, -0.1) is 0 Å². The molecule has 0 bridgehead atoms. The molecule has 2 aromatic rings. The van der Waals surface area contributed by atoms with Crippen molar-refractivity contribution in [3.63, 3.8) is 0 Å². The molecule has 0 aliphatic heterocycles. The molecule has 4 rings (SSSR count). The van der Waals surface area contributed by atoms with E-state index in [2.05, 4.69) is 36.5 Å². The van der Waals surface area contributed by atoms with Crippen LogP contribution in [0.4, 0.5) is 0 Å². The van der Waals surface area contributed by atoms with Crippen molar-refractivity contribution in [1.29, 1.82) is 0 Å². The number of hydrogen-bond donors (Lipinski definition) is 2. The van der Waals surface area contributed by atoms with Crippen molar-refractivity contribution in [3.8, 4) is 11.5 Å². The van der Waals surface area contributed by atoms with Crippen LogP contribution in [0, 0.1) is 0 Å². The second-order valence-electron chi connectivity index (χ2n) is 6.70. The maximum atomic E-state index is 8.63. The predicted molar refractivity (Wildman–Crippen MR) is 118 cm³/mol. The summed E-state index contributed by atoms with van der Waals surface area (Å²) < 4.78 is 0. The summed E-state index contributed by atoms with van der Waals surface area (Å²) in [4.78, 5) is 0. The van der Waals surface area contributed by atoms with Crippen molar-refractivity contribution >= 4 is 0 Å². The van der Waals surface area contributed by atoms with Crippen molar-refractivity contribution in [3.05, 3.63) is 108 Å². The first-order valence-electron chi connectivity index (χ1n) is 9.95. The third-order valence-electron chi connectivity index (χ3n) is 4.43. The minimum atomic E-state index is 0.322. The van der Waals surface area contributed by atoms with E-state index >= 15 is 0 Å². The van der Waals surface area contributed by atoms with E-state index in [1.165, 1.54) is 38.5 Å². The number of phenols is 2. The molecule has 0 amide bonds. The molecule has 146 valence electrons. The number of aromatic hydroxyl groups is 2. The molecule has 2 heteroatoms. The molecule has 2 aliphatic carbocycles. The van der Waals surface area contributed by atoms with Crippen LogP contribution in [0.25, 0.3) is 0 Å². The highest BCUT2D eigenvalue weighted by molar-refractivity contribution is 5.37. The zero-order valence-corrected chi connectivity index (χ0v) is 16.4. The van der Waals surface area contributed by atoms with Crippen LogP contribution in [0.2, 0.25) is 0 Å². The van der Waals surface area contributed by atoms with Crippen molar-refractivity contribution in [1.82, 2.24) is 0 Å². The van der Waals surface area contributed by atoms with Crippen LogP contribution in [0.1, 0.15) is 38.5 Å². The fourth-order valence-corrected chi connectivity index (χ4v) is 2.94. The van der Waals surface area contributed by atoms with Crippen molar-refractivity contribution < 1.29 is 10.2 Å². The summed E-state index contributed by atoms with van der Waals surface area (Å²) >= 11 is 0. The molecule has 0 heterocycles. The Morgan fingerprint density at radius 3 is 1.25 bits per heavy atom. The molecular formula is C26H30O2. The lowest BCUT2D eigenvalue weighted by Crippen LogP contribution is -1.89. The molecular weight excluding hydrogens is 344 g/mol. The molecule has 0 saturated carbocycles. The Morgan fingerprint density at radius 2 is 0.929 bits per heavy atom. The summed E-state index contributed by atoms with van der Waals surface area (Å²) in [6.07, 6.45) is 21.2. The fraction of sp³-hybridized carbons (Fsp3) is 0.231. The number of phenolic OH excluding ortho intramolecular Hbond substituents is 2. The zero-order chi connectivity index (χ0) is 19.9. The van der Waals surface area contributed by atoms with Gasteiger partial charge in [-0.1, -0.05) is 72.9 Å². The van der Waals surface area contributed by atoms with Gasteiger partial charge in [0.05, 0.1) is 0 Å². The second-order valence-corrected chi connectivity index (χ2v) is 6.70. The highest BCUT2D eigenvalue weighted by Gasteiger charge is 2.06. The lowest BCUT2D eigenvalue weighted by molar-refractivity contribution is 0.475. The number of benzene rings is 2. The van der Waals surface area contributed by atoms with Gasteiger partial charge < -0.3 is 10.2 Å². The third kappa shape index (κ3) is 9.09. The van der Waals surface area contributed by atoms with Crippen LogP contribution in [0.5, 0.6) is 11.5 Å². The molecule has 0 saturated heterocycles. The summed E-state index contributed by atoms with van der Waals surface area (Å²) in [5, 5.41) is 17.3. The van der Waals surface area contributed by atoms with Crippen LogP contribution < -0.4 is 0 Å². The van der Waals surface area contributed by atoms with Gasteiger partial charge in [0.2, 0.25) is 0 Å². The van der Waals surface area contributed by atoms with Gasteiger partial charge in [0.1, 0.15) is 11.5 Å². The average molecular weight is 375 g/mol. The Bertz CT molecular complexity index is 714. The molecule has 0 aromatic heterocycles. The van der Waals surface area contributed by atoms with E-state index in [4.69, 9.17) is 10.2 Å². The smallest absolute Gasteiger partial charge is 0.115 e. The van der Waals surface area contributed by atoms with Gasteiger partial charge in [-0.05, 0) is 73.9 Å². The molecule has 0 fully saturated rings. The minimum absolute atomic E-state index is 0.322. The first-order valence-corrected chi connectivity index (χ1v) is 9.95. The number of allylic oxidation sites excluding steroid dienone is 8. The molecule has 2 nitrogen and oxygen atoms in total. The number of hydrogen-bond acceptors (Lipinski definition) is 2. The quantitative estimate of drug-likeness (QED) is 0.558. The topological polar surface area (TPSA) is 40.5 Å². The van der Waals surface area contributed by atoms with E-state index < -0.39 is 0 Å². The molecule has 28 heavy (non-hydrogen) atoms. The van der Waals surface area contributed by atoms with Crippen molar-refractivity contribution in [2.45, 2.75) is 38.5 Å². The van der Waals surface area contributed by atoms with E-state index in [9.17, 15) is 0 Å². The molecule has 0 atom stereocenters. The molecule has 0 spiro atoms. The molecule has 0 radical (unpaired) electrons. The molecule has 2 N–H and O–H groups in total. The van der Waals surface area contributed by atoms with Crippen LogP contribution in [0.15, 0.2) is 108 Å². The van der Waals surface area contributed by atoms with Crippen LogP contribution in [-0.2, 0) is 0 Å². The first kappa shape index (κ1) is 21.3. The minimum Gasteiger partial charge on any atom is -0.508 e. The Morgan fingerprint density at radius 1 is 0.536 bits per heavy atom. The Balaban J connectivity index is 0.000000168. The van der Waals surface area contributed by atoms with Gasteiger partial charge >= 0.3 is 0 Å². The maximum Gasteiger partial charge on any atom is 0.115 e. The lowest BCUT2D eigenvalue weighted by Gasteiger charge is -2.08. The van der Waals surface area contributed by atoms with E-state index in [1.54, 1.807) is 59.7 Å². The number of para-hydroxylation sites is 2. The Labute approximate surface area is 168 Å². The SMILES string of the molecule is C1=CCCCC(C2=CC=CCCC2)=C1.Oc1ccccc1.Oc1ccccc1. The lowest BCUT2D eigenvalue weighted by atomic mass is 9.97. The average Bonchev–Trinajstić information content (AvgIpc) is 3.15. The highest BCUT2D eigenvalue weighted by atomic mass is 16.3. The first-order chi connectivity index (χ1) is 13.8. The van der Waals surface area contributed by atoms with Gasteiger partial charge in [-0.25, -0.2) is 0 Å². The van der Waals surface area contributed by atoms with Gasteiger partial charge in [-0.2, -0.15) is 0 Å². The van der Waals surface area contributed by atoms with Gasteiger partial charge in [0, 0.05) is 0 Å². The monoisotopic (exact) mass is 374 g/mol. The molecule has 2 aliphatic rings. The van der Waals surface area contributed by atoms with Crippen molar-refractivity contribution in [2.75, 3.05) is 0 Å². The summed E-state index contributed by atoms with van der Waals surface area (Å²) in [6, 6.07) is 17.4. The Kier molecular flexibility index (Phi) is 10.1. The second kappa shape index (κ2) is 13.2. The fourth-order valence-electron chi connectivity index (χ4n) is 2.94. The standard InChI is InChI=1S/C14H18.2C6H6O/c1-2-6-10-13(9-5-1)14-11-7-3-4-8-12-14;2*7-6-4-2-1-3-5-6/h1,3,5,7,9,11H,2,4,6,8,10,12H2;2*1-5,7H. The van der Waals surface area contributed by atoms with Gasteiger partial charge in [0.15, 0.2) is 0 Å². The highest BCUT2D eigenvalue weighted by Crippen LogP contribution is 2.26. The maximum absolute atomic E-state index is 8.63. The van der Waals surface area contributed by atoms with Gasteiger partial charge in [0.25, 0.3) is 0 Å². The normalized spacial score (nSPS) is 15.4. The third-order valence-corrected chi connectivity index (χ3v) is 4.43. The van der Waals surface area contributed by atoms with Gasteiger partial charge in [-0.3, -0.25) is 0 Å². The van der Waals surface area contributed by atoms with Crippen LogP contribution in [-0.4, -0.2) is 10.2 Å². The van der Waals surface area contributed by atoms with E-state index in [1.807, 2.05) is 12.1 Å². The Hall–Kier alpha value is -3.00. The predicted octanol–water partition coefficient (Wildman–Crippen LogP) is 7.10. The summed E-state index contributed by atoms with van der Waals surface area (Å²) in [6.45, 7) is 0. The summed E-state index contributed by atoms with van der Waals surface area (Å²) in [5.74, 6) is 0.644. The summed E-state index contributed by atoms with van der Waals surface area (Å²) in [5.41, 5.74) is 3.12. The van der Waals surface area contributed by atoms with Crippen LogP contribution >= 0.6 is 0 Å².